The SMILES string of the molecule is FC(F)(F)C1(C(F)(F)F)CCC=CC1CCl. The van der Waals surface area contributed by atoms with Gasteiger partial charge in [-0.15, -0.1) is 11.6 Å². The molecule has 0 fully saturated rings. The van der Waals surface area contributed by atoms with E-state index in [9.17, 15) is 26.3 Å². The molecule has 7 heteroatoms. The molecule has 0 heterocycles. The van der Waals surface area contributed by atoms with Gasteiger partial charge in [0.1, 0.15) is 0 Å². The minimum absolute atomic E-state index is 0.244. The molecule has 0 saturated carbocycles. The zero-order chi connectivity index (χ0) is 12.6. The van der Waals surface area contributed by atoms with E-state index in [1.165, 1.54) is 6.08 Å². The Morgan fingerprint density at radius 1 is 1.12 bits per heavy atom. The molecule has 0 amide bonds. The first kappa shape index (κ1) is 13.7. The molecule has 0 radical (unpaired) electrons. The van der Waals surface area contributed by atoms with Gasteiger partial charge < -0.3 is 0 Å². The molecule has 0 N–H and O–H groups in total. The van der Waals surface area contributed by atoms with Crippen molar-refractivity contribution < 1.29 is 26.3 Å². The topological polar surface area (TPSA) is 0 Å². The average molecular weight is 267 g/mol. The van der Waals surface area contributed by atoms with Crippen LogP contribution in [-0.4, -0.2) is 18.2 Å². The van der Waals surface area contributed by atoms with Crippen molar-refractivity contribution >= 4 is 11.6 Å². The van der Waals surface area contributed by atoms with E-state index in [-0.39, 0.29) is 6.42 Å². The molecule has 1 aliphatic carbocycles. The van der Waals surface area contributed by atoms with Crippen LogP contribution in [0.4, 0.5) is 26.3 Å². The number of allylic oxidation sites excluding steroid dienone is 2. The summed E-state index contributed by atoms with van der Waals surface area (Å²) in [6.45, 7) is 0. The van der Waals surface area contributed by atoms with Crippen molar-refractivity contribution in [2.75, 3.05) is 5.88 Å². The van der Waals surface area contributed by atoms with Gasteiger partial charge in [0, 0.05) is 11.8 Å². The van der Waals surface area contributed by atoms with Crippen LogP contribution in [0.3, 0.4) is 0 Å². The molecule has 1 rings (SSSR count). The first-order chi connectivity index (χ1) is 7.17. The van der Waals surface area contributed by atoms with Crippen LogP contribution in [0, 0.1) is 11.3 Å². The minimum atomic E-state index is -5.34. The Bertz CT molecular complexity index is 263. The monoisotopic (exact) mass is 266 g/mol. The number of hydrogen-bond donors (Lipinski definition) is 0. The molecule has 1 unspecified atom stereocenters. The lowest BCUT2D eigenvalue weighted by Gasteiger charge is -2.43. The molecule has 0 bridgehead atoms. The van der Waals surface area contributed by atoms with E-state index in [1.54, 1.807) is 0 Å². The van der Waals surface area contributed by atoms with Crippen molar-refractivity contribution in [3.63, 3.8) is 0 Å². The van der Waals surface area contributed by atoms with Gasteiger partial charge in [-0.1, -0.05) is 12.2 Å². The molecule has 1 atom stereocenters. The van der Waals surface area contributed by atoms with E-state index in [0.29, 0.717) is 0 Å². The van der Waals surface area contributed by atoms with Crippen molar-refractivity contribution in [3.05, 3.63) is 12.2 Å². The van der Waals surface area contributed by atoms with E-state index in [0.717, 1.165) is 6.08 Å². The van der Waals surface area contributed by atoms with Crippen molar-refractivity contribution in [3.8, 4) is 0 Å². The molecular formula is C9H9ClF6. The van der Waals surface area contributed by atoms with Gasteiger partial charge in [-0.05, 0) is 12.8 Å². The summed E-state index contributed by atoms with van der Waals surface area (Å²) in [6.07, 6.45) is -9.69. The predicted molar refractivity (Wildman–Crippen MR) is 47.1 cm³/mol. The second kappa shape index (κ2) is 4.13. The fourth-order valence-corrected chi connectivity index (χ4v) is 2.34. The van der Waals surface area contributed by atoms with Gasteiger partial charge in [-0.2, -0.15) is 26.3 Å². The first-order valence-electron chi connectivity index (χ1n) is 4.53. The fraction of sp³-hybridized carbons (Fsp3) is 0.778. The Morgan fingerprint density at radius 2 is 1.62 bits per heavy atom. The molecule has 0 saturated heterocycles. The lowest BCUT2D eigenvalue weighted by Crippen LogP contribution is -2.55. The number of alkyl halides is 7. The van der Waals surface area contributed by atoms with E-state index in [1.807, 2.05) is 0 Å². The van der Waals surface area contributed by atoms with Crippen LogP contribution in [0.15, 0.2) is 12.2 Å². The maximum Gasteiger partial charge on any atom is 0.403 e. The Balaban J connectivity index is 3.29. The Hall–Kier alpha value is -0.390. The molecule has 0 spiro atoms. The summed E-state index contributed by atoms with van der Waals surface area (Å²) in [6, 6.07) is 0. The van der Waals surface area contributed by atoms with Gasteiger partial charge in [0.05, 0.1) is 0 Å². The maximum atomic E-state index is 12.7. The average Bonchev–Trinajstić information content (AvgIpc) is 2.14. The standard InChI is InChI=1S/C9H9ClF6/c10-5-6-3-1-2-4-7(6,8(11,12)13)9(14,15)16/h1,3,6H,2,4-5H2. The zero-order valence-corrected chi connectivity index (χ0v) is 8.76. The Kier molecular flexibility index (Phi) is 3.53. The second-order valence-electron chi connectivity index (χ2n) is 3.69. The summed E-state index contributed by atoms with van der Waals surface area (Å²) in [5, 5.41) is 0. The molecule has 0 aromatic rings. The highest BCUT2D eigenvalue weighted by Crippen LogP contribution is 2.59. The van der Waals surface area contributed by atoms with Crippen molar-refractivity contribution in [1.82, 2.24) is 0 Å². The summed E-state index contributed by atoms with van der Waals surface area (Å²) in [5.41, 5.74) is -3.70. The normalized spacial score (nSPS) is 25.8. The van der Waals surface area contributed by atoms with Crippen molar-refractivity contribution in [2.24, 2.45) is 11.3 Å². The molecule has 16 heavy (non-hydrogen) atoms. The van der Waals surface area contributed by atoms with Gasteiger partial charge in [0.25, 0.3) is 0 Å². The van der Waals surface area contributed by atoms with Crippen LogP contribution >= 0.6 is 11.6 Å². The number of rotatable bonds is 1. The van der Waals surface area contributed by atoms with Crippen LogP contribution < -0.4 is 0 Å². The molecule has 94 valence electrons. The summed E-state index contributed by atoms with van der Waals surface area (Å²) in [4.78, 5) is 0. The fourth-order valence-electron chi connectivity index (χ4n) is 1.97. The van der Waals surface area contributed by atoms with Gasteiger partial charge in [0.2, 0.25) is 0 Å². The summed E-state index contributed by atoms with van der Waals surface area (Å²) >= 11 is 5.23. The van der Waals surface area contributed by atoms with Crippen LogP contribution in [0.25, 0.3) is 0 Å². The second-order valence-corrected chi connectivity index (χ2v) is 4.00. The van der Waals surface area contributed by atoms with Crippen molar-refractivity contribution in [2.45, 2.75) is 25.2 Å². The third-order valence-corrected chi connectivity index (χ3v) is 3.22. The minimum Gasteiger partial charge on any atom is -0.170 e. The van der Waals surface area contributed by atoms with Crippen LogP contribution in [0.5, 0.6) is 0 Å². The van der Waals surface area contributed by atoms with Crippen LogP contribution in [0.2, 0.25) is 0 Å². The summed E-state index contributed by atoms with van der Waals surface area (Å²) in [5.74, 6) is -2.45. The van der Waals surface area contributed by atoms with Crippen LogP contribution in [0.1, 0.15) is 12.8 Å². The van der Waals surface area contributed by atoms with E-state index in [2.05, 4.69) is 0 Å². The van der Waals surface area contributed by atoms with E-state index >= 15 is 0 Å². The summed E-state index contributed by atoms with van der Waals surface area (Å²) < 4.78 is 76.3. The lowest BCUT2D eigenvalue weighted by atomic mass is 9.68. The molecular weight excluding hydrogens is 258 g/mol. The van der Waals surface area contributed by atoms with Gasteiger partial charge in [-0.3, -0.25) is 0 Å². The molecule has 1 aliphatic rings. The van der Waals surface area contributed by atoms with E-state index in [4.69, 9.17) is 11.6 Å². The third-order valence-electron chi connectivity index (χ3n) is 2.88. The quantitative estimate of drug-likeness (QED) is 0.377. The molecule has 0 aromatic heterocycles. The largest absolute Gasteiger partial charge is 0.403 e. The molecule has 0 aromatic carbocycles. The number of hydrogen-bond acceptors (Lipinski definition) is 0. The molecule has 0 nitrogen and oxygen atoms in total. The summed E-state index contributed by atoms with van der Waals surface area (Å²) in [7, 11) is 0. The highest BCUT2D eigenvalue weighted by molar-refractivity contribution is 6.18. The van der Waals surface area contributed by atoms with Crippen LogP contribution in [-0.2, 0) is 0 Å². The molecule has 0 aliphatic heterocycles. The van der Waals surface area contributed by atoms with E-state index < -0.39 is 36.0 Å². The smallest absolute Gasteiger partial charge is 0.170 e. The highest BCUT2D eigenvalue weighted by atomic mass is 35.5. The first-order valence-corrected chi connectivity index (χ1v) is 5.06. The van der Waals surface area contributed by atoms with Crippen molar-refractivity contribution in [1.29, 1.82) is 0 Å². The zero-order valence-electron chi connectivity index (χ0n) is 8.00. The highest BCUT2D eigenvalue weighted by Gasteiger charge is 2.72. The Morgan fingerprint density at radius 3 is 1.94 bits per heavy atom. The lowest BCUT2D eigenvalue weighted by molar-refractivity contribution is -0.355. The third kappa shape index (κ3) is 1.92. The Labute approximate surface area is 93.3 Å². The maximum absolute atomic E-state index is 12.7. The predicted octanol–water partition coefficient (Wildman–Crippen LogP) is 4.30. The van der Waals surface area contributed by atoms with Gasteiger partial charge in [-0.25, -0.2) is 0 Å². The van der Waals surface area contributed by atoms with Gasteiger partial charge >= 0.3 is 12.4 Å². The number of halogens is 7. The van der Waals surface area contributed by atoms with Gasteiger partial charge in [0.15, 0.2) is 5.41 Å².